The van der Waals surface area contributed by atoms with Gasteiger partial charge in [-0.3, -0.25) is 5.32 Å². The highest BCUT2D eigenvalue weighted by Gasteiger charge is 2.21. The molecule has 8 heteroatoms. The third-order valence-corrected chi connectivity index (χ3v) is 2.29. The van der Waals surface area contributed by atoms with Gasteiger partial charge in [-0.1, -0.05) is 5.10 Å². The van der Waals surface area contributed by atoms with Crippen LogP contribution in [0.3, 0.4) is 0 Å². The van der Waals surface area contributed by atoms with Gasteiger partial charge in [0.2, 0.25) is 5.89 Å². The monoisotopic (exact) mass is 233 g/mol. The van der Waals surface area contributed by atoms with E-state index in [1.807, 2.05) is 0 Å². The summed E-state index contributed by atoms with van der Waals surface area (Å²) in [6.45, 7) is 0.591. The number of nitrogens with one attached hydrogen (secondary N) is 2. The molecule has 3 rings (SSSR count). The van der Waals surface area contributed by atoms with E-state index >= 15 is 0 Å². The molecule has 2 aromatic heterocycles. The molecule has 2 aromatic rings. The topological polar surface area (TPSA) is 102 Å². The fourth-order valence-electron chi connectivity index (χ4n) is 1.30. The molecule has 0 atom stereocenters. The quantitative estimate of drug-likeness (QED) is 0.757. The first-order valence-corrected chi connectivity index (χ1v) is 5.36. The number of rotatable bonds is 5. The minimum absolute atomic E-state index is 0.269. The Bertz CT molecular complexity index is 481. The van der Waals surface area contributed by atoms with E-state index in [4.69, 9.17) is 4.42 Å². The van der Waals surface area contributed by atoms with Crippen LogP contribution in [0.15, 0.2) is 16.8 Å². The molecule has 0 spiro atoms. The van der Waals surface area contributed by atoms with Gasteiger partial charge in [0, 0.05) is 6.04 Å². The molecule has 1 aliphatic rings. The fraction of sp³-hybridized carbons (Fsp3) is 0.444. The molecule has 1 saturated carbocycles. The van der Waals surface area contributed by atoms with Crippen molar-refractivity contribution in [1.29, 1.82) is 0 Å². The van der Waals surface area contributed by atoms with Gasteiger partial charge in [0.1, 0.15) is 0 Å². The first-order chi connectivity index (χ1) is 8.40. The van der Waals surface area contributed by atoms with E-state index < -0.39 is 0 Å². The van der Waals surface area contributed by atoms with Gasteiger partial charge in [0.05, 0.1) is 18.9 Å². The number of hydrogen-bond acceptors (Lipinski definition) is 8. The highest BCUT2D eigenvalue weighted by atomic mass is 16.4. The maximum Gasteiger partial charge on any atom is 0.322 e. The standard InChI is InChI=1S/C9H11N7O/c1-2-6(1)11-5-7-14-16-9(17-7)13-8-10-3-4-12-15-8/h3-4,6,11H,1-2,5H2,(H,10,13,15,16). The van der Waals surface area contributed by atoms with Crippen LogP contribution in [0.5, 0.6) is 0 Å². The minimum atomic E-state index is 0.269. The second-order valence-corrected chi connectivity index (χ2v) is 3.75. The molecule has 0 saturated heterocycles. The maximum atomic E-state index is 5.36. The first kappa shape index (κ1) is 10.1. The molecule has 0 aromatic carbocycles. The van der Waals surface area contributed by atoms with Crippen molar-refractivity contribution < 1.29 is 4.42 Å². The van der Waals surface area contributed by atoms with Crippen molar-refractivity contribution in [3.05, 3.63) is 18.3 Å². The van der Waals surface area contributed by atoms with E-state index in [1.165, 1.54) is 25.2 Å². The number of hydrogen-bond donors (Lipinski definition) is 2. The average Bonchev–Trinajstić information content (AvgIpc) is 3.09. The minimum Gasteiger partial charge on any atom is -0.406 e. The zero-order valence-corrected chi connectivity index (χ0v) is 9.00. The van der Waals surface area contributed by atoms with Crippen LogP contribution in [0, 0.1) is 0 Å². The van der Waals surface area contributed by atoms with Gasteiger partial charge in [0.15, 0.2) is 0 Å². The highest BCUT2D eigenvalue weighted by Crippen LogP contribution is 2.19. The number of aromatic nitrogens is 5. The van der Waals surface area contributed by atoms with Gasteiger partial charge >= 0.3 is 6.01 Å². The fourth-order valence-corrected chi connectivity index (χ4v) is 1.30. The van der Waals surface area contributed by atoms with E-state index in [0.717, 1.165) is 0 Å². The molecular formula is C9H11N7O. The van der Waals surface area contributed by atoms with Gasteiger partial charge in [-0.25, -0.2) is 4.98 Å². The Labute approximate surface area is 96.9 Å². The number of nitrogens with zero attached hydrogens (tertiary/aromatic N) is 5. The average molecular weight is 233 g/mol. The SMILES string of the molecule is c1cnc(Nc2nnc(CNC3CC3)o2)nn1. The molecule has 0 amide bonds. The van der Waals surface area contributed by atoms with Crippen LogP contribution in [0.4, 0.5) is 12.0 Å². The first-order valence-electron chi connectivity index (χ1n) is 5.36. The largest absolute Gasteiger partial charge is 0.406 e. The van der Waals surface area contributed by atoms with Gasteiger partial charge in [-0.2, -0.15) is 5.10 Å². The van der Waals surface area contributed by atoms with Crippen LogP contribution < -0.4 is 10.6 Å². The van der Waals surface area contributed by atoms with Crippen molar-refractivity contribution in [2.24, 2.45) is 0 Å². The second kappa shape index (κ2) is 4.42. The molecule has 8 nitrogen and oxygen atoms in total. The molecule has 0 radical (unpaired) electrons. The molecule has 0 bridgehead atoms. The van der Waals surface area contributed by atoms with Crippen LogP contribution >= 0.6 is 0 Å². The lowest BCUT2D eigenvalue weighted by Crippen LogP contribution is -2.15. The summed E-state index contributed by atoms with van der Waals surface area (Å²) in [7, 11) is 0. The van der Waals surface area contributed by atoms with Crippen molar-refractivity contribution in [2.75, 3.05) is 5.32 Å². The molecule has 88 valence electrons. The van der Waals surface area contributed by atoms with Crippen LogP contribution in [0.1, 0.15) is 18.7 Å². The zero-order chi connectivity index (χ0) is 11.5. The summed E-state index contributed by atoms with van der Waals surface area (Å²) >= 11 is 0. The van der Waals surface area contributed by atoms with Crippen molar-refractivity contribution in [1.82, 2.24) is 30.7 Å². The van der Waals surface area contributed by atoms with E-state index in [-0.39, 0.29) is 6.01 Å². The van der Waals surface area contributed by atoms with Crippen molar-refractivity contribution in [3.8, 4) is 0 Å². The Morgan fingerprint density at radius 1 is 1.24 bits per heavy atom. The van der Waals surface area contributed by atoms with Crippen molar-refractivity contribution in [3.63, 3.8) is 0 Å². The van der Waals surface area contributed by atoms with Crippen molar-refractivity contribution in [2.45, 2.75) is 25.4 Å². The molecule has 2 heterocycles. The van der Waals surface area contributed by atoms with Gasteiger partial charge in [-0.15, -0.1) is 10.2 Å². The number of anilines is 2. The molecule has 0 unspecified atom stereocenters. The Hall–Kier alpha value is -2.09. The Morgan fingerprint density at radius 2 is 2.18 bits per heavy atom. The zero-order valence-electron chi connectivity index (χ0n) is 9.00. The third kappa shape index (κ3) is 2.72. The summed E-state index contributed by atoms with van der Waals surface area (Å²) < 4.78 is 5.36. The molecular weight excluding hydrogens is 222 g/mol. The van der Waals surface area contributed by atoms with E-state index in [2.05, 4.69) is 36.0 Å². The molecule has 0 aliphatic heterocycles. The van der Waals surface area contributed by atoms with Crippen LogP contribution in [0.2, 0.25) is 0 Å². The predicted octanol–water partition coefficient (Wildman–Crippen LogP) is 0.250. The summed E-state index contributed by atoms with van der Waals surface area (Å²) in [6.07, 6.45) is 5.47. The van der Waals surface area contributed by atoms with E-state index in [9.17, 15) is 0 Å². The summed E-state index contributed by atoms with van der Waals surface area (Å²) in [5.74, 6) is 0.876. The molecule has 17 heavy (non-hydrogen) atoms. The Balaban J connectivity index is 1.59. The summed E-state index contributed by atoms with van der Waals surface area (Å²) in [6, 6.07) is 0.880. The Kier molecular flexibility index (Phi) is 2.62. The summed E-state index contributed by atoms with van der Waals surface area (Å²) in [4.78, 5) is 3.94. The Morgan fingerprint density at radius 3 is 2.94 bits per heavy atom. The van der Waals surface area contributed by atoms with Crippen LogP contribution in [-0.4, -0.2) is 31.4 Å². The summed E-state index contributed by atoms with van der Waals surface area (Å²) in [5, 5.41) is 21.2. The van der Waals surface area contributed by atoms with Crippen LogP contribution in [0.25, 0.3) is 0 Å². The highest BCUT2D eigenvalue weighted by molar-refractivity contribution is 5.37. The van der Waals surface area contributed by atoms with Gasteiger partial charge < -0.3 is 9.73 Å². The summed E-state index contributed by atoms with van der Waals surface area (Å²) in [5.41, 5.74) is 0. The molecule has 1 fully saturated rings. The third-order valence-electron chi connectivity index (χ3n) is 2.29. The predicted molar refractivity (Wildman–Crippen MR) is 57.3 cm³/mol. The lowest BCUT2D eigenvalue weighted by molar-refractivity contribution is 0.478. The maximum absolute atomic E-state index is 5.36. The van der Waals surface area contributed by atoms with Gasteiger partial charge in [0.25, 0.3) is 5.95 Å². The van der Waals surface area contributed by atoms with E-state index in [1.54, 1.807) is 0 Å². The molecule has 1 aliphatic carbocycles. The second-order valence-electron chi connectivity index (χ2n) is 3.75. The molecule has 2 N–H and O–H groups in total. The van der Waals surface area contributed by atoms with Crippen molar-refractivity contribution >= 4 is 12.0 Å². The van der Waals surface area contributed by atoms with Crippen LogP contribution in [-0.2, 0) is 6.54 Å². The lowest BCUT2D eigenvalue weighted by Gasteiger charge is -1.97. The normalized spacial score (nSPS) is 14.8. The van der Waals surface area contributed by atoms with Gasteiger partial charge in [-0.05, 0) is 12.8 Å². The smallest absolute Gasteiger partial charge is 0.322 e. The van der Waals surface area contributed by atoms with E-state index in [0.29, 0.717) is 24.4 Å². The lowest BCUT2D eigenvalue weighted by atomic mass is 10.6.